The van der Waals surface area contributed by atoms with Crippen LogP contribution in [-0.4, -0.2) is 22.6 Å². The molecule has 10 heteroatoms. The standard InChI is InChI=1S/C32H23Cl2F3N2O3/c1-41-31(40)23-4-2-20(3-5-23)17-39-18-29(27-15-12-25(33)16-28(27)34)38-30(39)19-42-26-13-8-22(9-14-26)21-6-10-24(11-7-21)32(35,36)37/h2-16,18H,17,19H2,1H3. The molecule has 0 aliphatic carbocycles. The number of hydrogen-bond acceptors (Lipinski definition) is 4. The molecular formula is C32H23Cl2F3N2O3. The van der Waals surface area contributed by atoms with Gasteiger partial charge in [-0.3, -0.25) is 0 Å². The first kappa shape index (κ1) is 29.2. The van der Waals surface area contributed by atoms with Gasteiger partial charge in [0.1, 0.15) is 18.2 Å². The first-order valence-corrected chi connectivity index (χ1v) is 13.5. The molecule has 0 N–H and O–H groups in total. The number of aromatic nitrogens is 2. The summed E-state index contributed by atoms with van der Waals surface area (Å²) in [6.45, 7) is 0.580. The van der Waals surface area contributed by atoms with E-state index in [1.165, 1.54) is 19.2 Å². The Morgan fingerprint density at radius 2 is 1.52 bits per heavy atom. The first-order chi connectivity index (χ1) is 20.1. The van der Waals surface area contributed by atoms with E-state index in [4.69, 9.17) is 37.7 Å². The van der Waals surface area contributed by atoms with E-state index in [2.05, 4.69) is 0 Å². The molecular weight excluding hydrogens is 588 g/mol. The molecule has 0 aliphatic heterocycles. The largest absolute Gasteiger partial charge is 0.486 e. The third-order valence-electron chi connectivity index (χ3n) is 6.56. The van der Waals surface area contributed by atoms with Crippen LogP contribution in [0.2, 0.25) is 10.0 Å². The lowest BCUT2D eigenvalue weighted by molar-refractivity contribution is -0.137. The van der Waals surface area contributed by atoms with Crippen molar-refractivity contribution < 1.29 is 27.4 Å². The number of halogens is 5. The highest BCUT2D eigenvalue weighted by Crippen LogP contribution is 2.32. The highest BCUT2D eigenvalue weighted by Gasteiger charge is 2.30. The van der Waals surface area contributed by atoms with Gasteiger partial charge >= 0.3 is 12.1 Å². The SMILES string of the molecule is COC(=O)c1ccc(Cn2cc(-c3ccc(Cl)cc3Cl)nc2COc2ccc(-c3ccc(C(F)(F)F)cc3)cc2)cc1. The summed E-state index contributed by atoms with van der Waals surface area (Å²) < 4.78 is 51.4. The van der Waals surface area contributed by atoms with Crippen LogP contribution >= 0.6 is 23.2 Å². The van der Waals surface area contributed by atoms with Crippen molar-refractivity contribution in [2.24, 2.45) is 0 Å². The van der Waals surface area contributed by atoms with E-state index in [9.17, 15) is 18.0 Å². The predicted molar refractivity (Wildman–Crippen MR) is 156 cm³/mol. The Labute approximate surface area is 250 Å². The van der Waals surface area contributed by atoms with Gasteiger partial charge in [0.15, 0.2) is 0 Å². The molecule has 4 aromatic carbocycles. The van der Waals surface area contributed by atoms with Crippen LogP contribution in [-0.2, 0) is 24.1 Å². The van der Waals surface area contributed by atoms with Crippen molar-refractivity contribution >= 4 is 29.2 Å². The maximum absolute atomic E-state index is 12.9. The second kappa shape index (κ2) is 12.3. The number of nitrogens with zero attached hydrogens (tertiary/aromatic N) is 2. The molecule has 0 atom stereocenters. The van der Waals surface area contributed by atoms with Gasteiger partial charge in [-0.25, -0.2) is 9.78 Å². The van der Waals surface area contributed by atoms with Crippen LogP contribution < -0.4 is 4.74 Å². The van der Waals surface area contributed by atoms with Crippen molar-refractivity contribution in [2.45, 2.75) is 19.3 Å². The van der Waals surface area contributed by atoms with E-state index < -0.39 is 17.7 Å². The fraction of sp³-hybridized carbons (Fsp3) is 0.125. The fourth-order valence-electron chi connectivity index (χ4n) is 4.34. The van der Waals surface area contributed by atoms with Crippen LogP contribution in [0.25, 0.3) is 22.4 Å². The van der Waals surface area contributed by atoms with Crippen LogP contribution in [0.15, 0.2) is 97.2 Å². The second-order valence-electron chi connectivity index (χ2n) is 9.37. The Bertz CT molecular complexity index is 1700. The van der Waals surface area contributed by atoms with Crippen LogP contribution in [0.1, 0.15) is 27.3 Å². The Hall–Kier alpha value is -4.27. The lowest BCUT2D eigenvalue weighted by Gasteiger charge is -2.11. The van der Waals surface area contributed by atoms with E-state index in [1.54, 1.807) is 54.6 Å². The highest BCUT2D eigenvalue weighted by molar-refractivity contribution is 6.36. The van der Waals surface area contributed by atoms with Gasteiger partial charge in [-0.05, 0) is 71.3 Å². The lowest BCUT2D eigenvalue weighted by atomic mass is 10.0. The van der Waals surface area contributed by atoms with Crippen molar-refractivity contribution in [1.82, 2.24) is 9.55 Å². The van der Waals surface area contributed by atoms with E-state index >= 15 is 0 Å². The number of benzene rings is 4. The quantitative estimate of drug-likeness (QED) is 0.165. The van der Waals surface area contributed by atoms with Crippen LogP contribution in [0.4, 0.5) is 13.2 Å². The summed E-state index contributed by atoms with van der Waals surface area (Å²) in [5.74, 6) is 0.774. The third-order valence-corrected chi connectivity index (χ3v) is 7.11. The van der Waals surface area contributed by atoms with Crippen LogP contribution in [0.5, 0.6) is 5.75 Å². The van der Waals surface area contributed by atoms with Crippen molar-refractivity contribution in [2.75, 3.05) is 7.11 Å². The summed E-state index contributed by atoms with van der Waals surface area (Å²) in [6, 6.07) is 24.3. The van der Waals surface area contributed by atoms with Gasteiger partial charge in [-0.15, -0.1) is 0 Å². The van der Waals surface area contributed by atoms with Crippen LogP contribution in [0.3, 0.4) is 0 Å². The van der Waals surface area contributed by atoms with E-state index in [0.29, 0.717) is 50.5 Å². The average molecular weight is 611 g/mol. The van der Waals surface area contributed by atoms with Gasteiger partial charge in [-0.2, -0.15) is 13.2 Å². The van der Waals surface area contributed by atoms with Gasteiger partial charge in [0, 0.05) is 23.3 Å². The molecule has 5 aromatic rings. The minimum Gasteiger partial charge on any atom is -0.486 e. The maximum Gasteiger partial charge on any atom is 0.416 e. The zero-order valence-corrected chi connectivity index (χ0v) is 23.7. The highest BCUT2D eigenvalue weighted by atomic mass is 35.5. The molecule has 0 amide bonds. The molecule has 1 heterocycles. The number of carbonyl (C=O) groups is 1. The predicted octanol–water partition coefficient (Wildman–Crippen LogP) is 8.96. The normalized spacial score (nSPS) is 11.4. The zero-order chi connectivity index (χ0) is 29.9. The maximum atomic E-state index is 12.9. The summed E-state index contributed by atoms with van der Waals surface area (Å²) in [5.41, 5.74) is 3.45. The lowest BCUT2D eigenvalue weighted by Crippen LogP contribution is -2.08. The number of carbonyl (C=O) groups excluding carboxylic acids is 1. The third kappa shape index (κ3) is 6.78. The van der Waals surface area contributed by atoms with E-state index in [1.807, 2.05) is 22.9 Å². The Kier molecular flexibility index (Phi) is 8.56. The Morgan fingerprint density at radius 1 is 0.881 bits per heavy atom. The molecule has 1 aromatic heterocycles. The molecule has 0 radical (unpaired) electrons. The topological polar surface area (TPSA) is 53.4 Å². The van der Waals surface area contributed by atoms with Crippen molar-refractivity contribution in [3.8, 4) is 28.1 Å². The number of ether oxygens (including phenoxy) is 2. The minimum atomic E-state index is -4.38. The van der Waals surface area contributed by atoms with Gasteiger partial charge in [-0.1, -0.05) is 59.6 Å². The zero-order valence-electron chi connectivity index (χ0n) is 22.2. The average Bonchev–Trinajstić information content (AvgIpc) is 3.37. The molecule has 0 spiro atoms. The Morgan fingerprint density at radius 3 is 2.12 bits per heavy atom. The van der Waals surface area contributed by atoms with E-state index in [0.717, 1.165) is 23.3 Å². The summed E-state index contributed by atoms with van der Waals surface area (Å²) in [5, 5.41) is 0.970. The first-order valence-electron chi connectivity index (χ1n) is 12.7. The molecule has 214 valence electrons. The van der Waals surface area contributed by atoms with Crippen molar-refractivity contribution in [1.29, 1.82) is 0 Å². The molecule has 0 bridgehead atoms. The molecule has 0 saturated heterocycles. The fourth-order valence-corrected chi connectivity index (χ4v) is 4.84. The number of methoxy groups -OCH3 is 1. The number of alkyl halides is 3. The summed E-state index contributed by atoms with van der Waals surface area (Å²) in [4.78, 5) is 16.6. The van der Waals surface area contributed by atoms with Gasteiger partial charge < -0.3 is 14.0 Å². The Balaban J connectivity index is 1.36. The van der Waals surface area contributed by atoms with Gasteiger partial charge in [0.2, 0.25) is 0 Å². The smallest absolute Gasteiger partial charge is 0.416 e. The molecule has 42 heavy (non-hydrogen) atoms. The summed E-state index contributed by atoms with van der Waals surface area (Å²) in [7, 11) is 1.33. The number of imidazole rings is 1. The molecule has 0 saturated carbocycles. The van der Waals surface area contributed by atoms with E-state index in [-0.39, 0.29) is 6.61 Å². The number of rotatable bonds is 8. The molecule has 5 rings (SSSR count). The van der Waals surface area contributed by atoms with Crippen LogP contribution in [0, 0.1) is 0 Å². The molecule has 0 unspecified atom stereocenters. The minimum absolute atomic E-state index is 0.130. The molecule has 5 nitrogen and oxygen atoms in total. The summed E-state index contributed by atoms with van der Waals surface area (Å²) >= 11 is 12.5. The number of hydrogen-bond donors (Lipinski definition) is 0. The number of esters is 1. The molecule has 0 fully saturated rings. The van der Waals surface area contributed by atoms with Crippen molar-refractivity contribution in [3.05, 3.63) is 130 Å². The van der Waals surface area contributed by atoms with Crippen molar-refractivity contribution in [3.63, 3.8) is 0 Å². The van der Waals surface area contributed by atoms with Gasteiger partial charge in [0.25, 0.3) is 0 Å². The monoisotopic (exact) mass is 610 g/mol. The van der Waals surface area contributed by atoms with Gasteiger partial charge in [0.05, 0.1) is 29.0 Å². The molecule has 0 aliphatic rings. The second-order valence-corrected chi connectivity index (χ2v) is 10.2. The summed E-state index contributed by atoms with van der Waals surface area (Å²) in [6.07, 6.45) is -2.51.